The molecule has 1 aliphatic heterocycles. The van der Waals surface area contributed by atoms with Crippen LogP contribution < -0.4 is 19.5 Å². The van der Waals surface area contributed by atoms with E-state index in [4.69, 9.17) is 23.7 Å². The number of nitrogens with zero attached hydrogens (tertiary/aromatic N) is 2. The zero-order valence-corrected chi connectivity index (χ0v) is 29.1. The third-order valence-electron chi connectivity index (χ3n) is 8.65. The van der Waals surface area contributed by atoms with Crippen molar-refractivity contribution in [3.05, 3.63) is 120 Å². The summed E-state index contributed by atoms with van der Waals surface area (Å²) < 4.78 is 31.9. The number of hydrogen-bond donors (Lipinski definition) is 1. The Bertz CT molecular complexity index is 1670. The van der Waals surface area contributed by atoms with Crippen LogP contribution >= 0.6 is 24.8 Å². The number of piperidine rings is 1. The highest BCUT2D eigenvalue weighted by atomic mass is 35.5. The van der Waals surface area contributed by atoms with Crippen molar-refractivity contribution in [3.63, 3.8) is 0 Å². The van der Waals surface area contributed by atoms with Gasteiger partial charge in [0, 0.05) is 55.3 Å². The van der Waals surface area contributed by atoms with Gasteiger partial charge >= 0.3 is 0 Å². The van der Waals surface area contributed by atoms with E-state index in [0.29, 0.717) is 32.3 Å². The first-order chi connectivity index (χ1) is 22.7. The van der Waals surface area contributed by atoms with Crippen molar-refractivity contribution in [1.82, 2.24) is 14.9 Å². The molecule has 1 saturated heterocycles. The van der Waals surface area contributed by atoms with Gasteiger partial charge in [-0.1, -0.05) is 54.6 Å². The SMILES string of the molecule is COc1ccccc1COCCCOc1ccc([C@H]2[C@@H](Cn3ccnc3)CNC[C@@H]2OCc2cc(OC)c3ccccc3c2)cc1.Cl.Cl. The average Bonchev–Trinajstić information content (AvgIpc) is 3.62. The zero-order chi connectivity index (χ0) is 31.6. The minimum absolute atomic E-state index is 0. The lowest BCUT2D eigenvalue weighted by Crippen LogP contribution is -2.48. The molecular weight excluding hydrogens is 649 g/mol. The van der Waals surface area contributed by atoms with Gasteiger partial charge < -0.3 is 33.6 Å². The number of fused-ring (bicyclic) bond motifs is 1. The number of hydrogen-bond acceptors (Lipinski definition) is 7. The van der Waals surface area contributed by atoms with Crippen LogP contribution in [-0.2, 0) is 29.2 Å². The molecule has 6 rings (SSSR count). The van der Waals surface area contributed by atoms with E-state index in [2.05, 4.69) is 69.5 Å². The van der Waals surface area contributed by atoms with Gasteiger partial charge in [0.2, 0.25) is 0 Å². The Morgan fingerprint density at radius 1 is 0.833 bits per heavy atom. The molecule has 0 bridgehead atoms. The molecule has 8 nitrogen and oxygen atoms in total. The van der Waals surface area contributed by atoms with Crippen molar-refractivity contribution in [2.24, 2.45) is 5.92 Å². The second-order valence-corrected chi connectivity index (χ2v) is 11.7. The highest BCUT2D eigenvalue weighted by molar-refractivity contribution is 5.89. The van der Waals surface area contributed by atoms with E-state index in [-0.39, 0.29) is 36.8 Å². The number of benzene rings is 4. The van der Waals surface area contributed by atoms with Crippen molar-refractivity contribution in [3.8, 4) is 17.2 Å². The fourth-order valence-electron chi connectivity index (χ4n) is 6.39. The van der Waals surface area contributed by atoms with E-state index >= 15 is 0 Å². The van der Waals surface area contributed by atoms with E-state index in [1.54, 1.807) is 14.2 Å². The maximum absolute atomic E-state index is 6.72. The molecule has 0 spiro atoms. The van der Waals surface area contributed by atoms with E-state index in [0.717, 1.165) is 65.2 Å². The smallest absolute Gasteiger partial charge is 0.127 e. The minimum Gasteiger partial charge on any atom is -0.496 e. The molecule has 3 atom stereocenters. The molecule has 0 saturated carbocycles. The first-order valence-electron chi connectivity index (χ1n) is 16.0. The first-order valence-corrected chi connectivity index (χ1v) is 16.0. The normalized spacial score (nSPS) is 17.2. The molecule has 0 radical (unpaired) electrons. The monoisotopic (exact) mass is 693 g/mol. The Balaban J connectivity index is 0.00000260. The minimum atomic E-state index is -0.00751. The maximum atomic E-state index is 6.72. The molecular formula is C38H45Cl2N3O5. The lowest BCUT2D eigenvalue weighted by atomic mass is 9.79. The summed E-state index contributed by atoms with van der Waals surface area (Å²) in [6.45, 7) is 4.76. The number of rotatable bonds is 15. The van der Waals surface area contributed by atoms with E-state index in [9.17, 15) is 0 Å². The number of halogens is 2. The third kappa shape index (κ3) is 9.43. The first kappa shape index (κ1) is 37.0. The van der Waals surface area contributed by atoms with Gasteiger partial charge in [-0.25, -0.2) is 4.98 Å². The quantitative estimate of drug-likeness (QED) is 0.114. The number of ether oxygens (including phenoxy) is 5. The van der Waals surface area contributed by atoms with Gasteiger partial charge in [-0.15, -0.1) is 24.8 Å². The molecule has 256 valence electrons. The van der Waals surface area contributed by atoms with Crippen LogP contribution in [0.3, 0.4) is 0 Å². The molecule has 0 amide bonds. The van der Waals surface area contributed by atoms with E-state index in [1.807, 2.05) is 49.1 Å². The average molecular weight is 695 g/mol. The molecule has 1 aliphatic rings. The van der Waals surface area contributed by atoms with Crippen molar-refractivity contribution in [1.29, 1.82) is 0 Å². The van der Waals surface area contributed by atoms with E-state index < -0.39 is 0 Å². The maximum Gasteiger partial charge on any atom is 0.127 e. The number of imidazole rings is 1. The van der Waals surface area contributed by atoms with Gasteiger partial charge in [-0.05, 0) is 52.8 Å². The van der Waals surface area contributed by atoms with Crippen LogP contribution in [0.2, 0.25) is 0 Å². The van der Waals surface area contributed by atoms with Crippen LogP contribution in [0.25, 0.3) is 10.8 Å². The fourth-order valence-corrected chi connectivity index (χ4v) is 6.39. The Hall–Kier alpha value is -3.79. The summed E-state index contributed by atoms with van der Waals surface area (Å²) in [5.41, 5.74) is 3.40. The number of para-hydroxylation sites is 1. The Morgan fingerprint density at radius 3 is 2.42 bits per heavy atom. The summed E-state index contributed by atoms with van der Waals surface area (Å²) in [6.07, 6.45) is 6.54. The van der Waals surface area contributed by atoms with Crippen LogP contribution in [0.5, 0.6) is 17.2 Å². The number of methoxy groups -OCH3 is 2. The third-order valence-corrected chi connectivity index (χ3v) is 8.65. The summed E-state index contributed by atoms with van der Waals surface area (Å²) in [4.78, 5) is 4.27. The largest absolute Gasteiger partial charge is 0.496 e. The molecule has 10 heteroatoms. The topological polar surface area (TPSA) is 76.0 Å². The van der Waals surface area contributed by atoms with Crippen molar-refractivity contribution in [2.45, 2.75) is 38.2 Å². The van der Waals surface area contributed by atoms with Crippen molar-refractivity contribution >= 4 is 35.6 Å². The highest BCUT2D eigenvalue weighted by Gasteiger charge is 2.35. The van der Waals surface area contributed by atoms with Crippen molar-refractivity contribution < 1.29 is 23.7 Å². The molecule has 48 heavy (non-hydrogen) atoms. The summed E-state index contributed by atoms with van der Waals surface area (Å²) in [7, 11) is 3.40. The summed E-state index contributed by atoms with van der Waals surface area (Å²) >= 11 is 0. The Morgan fingerprint density at radius 2 is 1.62 bits per heavy atom. The molecule has 0 aliphatic carbocycles. The molecule has 1 aromatic heterocycles. The highest BCUT2D eigenvalue weighted by Crippen LogP contribution is 2.36. The molecule has 4 aromatic carbocycles. The lowest BCUT2D eigenvalue weighted by molar-refractivity contribution is -0.00860. The molecule has 5 aromatic rings. The molecule has 2 heterocycles. The van der Waals surface area contributed by atoms with Crippen LogP contribution in [0.15, 0.2) is 104 Å². The predicted octanol–water partition coefficient (Wildman–Crippen LogP) is 7.47. The van der Waals surface area contributed by atoms with Crippen LogP contribution in [-0.4, -0.2) is 56.2 Å². The Kier molecular flexibility index (Phi) is 14.4. The van der Waals surface area contributed by atoms with Gasteiger partial charge in [-0.2, -0.15) is 0 Å². The standard InChI is InChI=1S/C38H43N3O5.2ClH/c1-42-35-11-6-4-9-31(35)26-44-18-7-19-45-33-14-12-29(13-15-33)38-32(24-41-17-16-39-27-41)22-40-23-37(38)46-25-28-20-30-8-3-5-10-34(30)36(21-28)43-2;;/h3-6,8-17,20-21,27,32,37-38,40H,7,18-19,22-26H2,1-2H3;2*1H/t32-,37+,38+;;/m1../s1. The van der Waals surface area contributed by atoms with E-state index in [1.165, 1.54) is 5.56 Å². The molecule has 1 N–H and O–H groups in total. The van der Waals surface area contributed by atoms with Gasteiger partial charge in [0.05, 0.1) is 53.1 Å². The van der Waals surface area contributed by atoms with Crippen LogP contribution in [0, 0.1) is 5.92 Å². The molecule has 0 unspecified atom stereocenters. The fraction of sp³-hybridized carbons (Fsp3) is 0.342. The summed E-state index contributed by atoms with van der Waals surface area (Å²) in [5, 5.41) is 5.89. The van der Waals surface area contributed by atoms with Gasteiger partial charge in [-0.3, -0.25) is 0 Å². The summed E-state index contributed by atoms with van der Waals surface area (Å²) in [5.74, 6) is 3.09. The van der Waals surface area contributed by atoms with Crippen molar-refractivity contribution in [2.75, 3.05) is 40.5 Å². The second-order valence-electron chi connectivity index (χ2n) is 11.7. The van der Waals surface area contributed by atoms with Gasteiger partial charge in [0.15, 0.2) is 0 Å². The summed E-state index contributed by atoms with van der Waals surface area (Å²) in [6, 6.07) is 29.1. The van der Waals surface area contributed by atoms with Crippen LogP contribution in [0.4, 0.5) is 0 Å². The van der Waals surface area contributed by atoms with Gasteiger partial charge in [0.25, 0.3) is 0 Å². The zero-order valence-electron chi connectivity index (χ0n) is 27.5. The lowest BCUT2D eigenvalue weighted by Gasteiger charge is -2.39. The number of aromatic nitrogens is 2. The molecule has 1 fully saturated rings. The second kappa shape index (κ2) is 18.7. The number of nitrogens with one attached hydrogen (secondary N) is 1. The van der Waals surface area contributed by atoms with Crippen LogP contribution in [0.1, 0.15) is 29.0 Å². The Labute approximate surface area is 295 Å². The predicted molar refractivity (Wildman–Crippen MR) is 194 cm³/mol. The van der Waals surface area contributed by atoms with Gasteiger partial charge in [0.1, 0.15) is 17.2 Å².